The lowest BCUT2D eigenvalue weighted by Crippen LogP contribution is -2.33. The summed E-state index contributed by atoms with van der Waals surface area (Å²) < 4.78 is 6.12. The molecule has 3 heteroatoms. The molecular weight excluding hydrogens is 348 g/mol. The third kappa shape index (κ3) is 3.15. The molecule has 0 aliphatic heterocycles. The van der Waals surface area contributed by atoms with Crippen molar-refractivity contribution in [3.63, 3.8) is 0 Å². The first-order chi connectivity index (χ1) is 13.2. The predicted molar refractivity (Wildman–Crippen MR) is 112 cm³/mol. The summed E-state index contributed by atoms with van der Waals surface area (Å²) in [5, 5.41) is 9.05. The van der Waals surface area contributed by atoms with Crippen LogP contribution < -0.4 is 0 Å². The van der Waals surface area contributed by atoms with Crippen LogP contribution >= 0.6 is 0 Å². The van der Waals surface area contributed by atoms with Gasteiger partial charge in [0.1, 0.15) is 11.5 Å². The Balaban J connectivity index is 1.71. The smallest absolute Gasteiger partial charge is 0.335 e. The minimum atomic E-state index is -0.925. The van der Waals surface area contributed by atoms with Crippen molar-refractivity contribution < 1.29 is 14.3 Å². The monoisotopic (exact) mass is 374 g/mol. The van der Waals surface area contributed by atoms with E-state index >= 15 is 0 Å². The molecule has 0 radical (unpaired) electrons. The van der Waals surface area contributed by atoms with Gasteiger partial charge in [0, 0.05) is 11.1 Å². The van der Waals surface area contributed by atoms with Crippen LogP contribution in [0.3, 0.4) is 0 Å². The first-order valence-corrected chi connectivity index (χ1v) is 9.76. The number of carbonyl (C=O) groups is 1. The molecule has 0 bridgehead atoms. The Morgan fingerprint density at radius 2 is 1.32 bits per heavy atom. The number of carboxylic acid groups (broad SMARTS) is 1. The molecule has 2 aromatic carbocycles. The van der Waals surface area contributed by atoms with Gasteiger partial charge >= 0.3 is 5.97 Å². The Morgan fingerprint density at radius 1 is 0.786 bits per heavy atom. The van der Waals surface area contributed by atoms with Gasteiger partial charge in [-0.2, -0.15) is 0 Å². The molecule has 0 unspecified atom stereocenters. The van der Waals surface area contributed by atoms with Gasteiger partial charge in [-0.25, -0.2) is 4.79 Å². The van der Waals surface area contributed by atoms with Gasteiger partial charge in [0.25, 0.3) is 0 Å². The first-order valence-electron chi connectivity index (χ1n) is 9.76. The van der Waals surface area contributed by atoms with Crippen molar-refractivity contribution in [3.8, 4) is 22.6 Å². The summed E-state index contributed by atoms with van der Waals surface area (Å²) in [6, 6.07) is 17.4. The van der Waals surface area contributed by atoms with Gasteiger partial charge in [-0.15, -0.1) is 0 Å². The van der Waals surface area contributed by atoms with Gasteiger partial charge in [0.05, 0.1) is 5.56 Å². The molecule has 1 aliphatic carbocycles. The molecule has 1 aliphatic rings. The molecule has 1 aromatic heterocycles. The summed E-state index contributed by atoms with van der Waals surface area (Å²) >= 11 is 0. The van der Waals surface area contributed by atoms with Crippen LogP contribution in [0.4, 0.5) is 0 Å². The lowest BCUT2D eigenvalue weighted by atomic mass is 9.63. The second kappa shape index (κ2) is 6.37. The normalized spacial score (nSPS) is 17.1. The number of furan rings is 1. The average Bonchev–Trinajstić information content (AvgIpc) is 3.15. The molecule has 28 heavy (non-hydrogen) atoms. The molecule has 0 fully saturated rings. The second-order valence-corrected chi connectivity index (χ2v) is 9.07. The van der Waals surface area contributed by atoms with Crippen molar-refractivity contribution in [2.24, 2.45) is 0 Å². The van der Waals surface area contributed by atoms with Crippen molar-refractivity contribution >= 4 is 5.97 Å². The average molecular weight is 374 g/mol. The maximum atomic E-state index is 11.0. The number of fused-ring (bicyclic) bond motifs is 1. The molecule has 4 rings (SSSR count). The highest BCUT2D eigenvalue weighted by Gasteiger charge is 2.37. The Labute approximate surface area is 166 Å². The van der Waals surface area contributed by atoms with E-state index in [0.717, 1.165) is 22.6 Å². The Hall–Kier alpha value is -2.81. The van der Waals surface area contributed by atoms with E-state index in [4.69, 9.17) is 9.52 Å². The third-order valence-corrected chi connectivity index (χ3v) is 6.16. The minimum absolute atomic E-state index is 0.156. The van der Waals surface area contributed by atoms with Crippen LogP contribution in [-0.4, -0.2) is 11.1 Å². The van der Waals surface area contributed by atoms with Crippen molar-refractivity contribution in [2.45, 2.75) is 51.4 Å². The van der Waals surface area contributed by atoms with Crippen molar-refractivity contribution in [1.82, 2.24) is 0 Å². The summed E-state index contributed by atoms with van der Waals surface area (Å²) in [5.41, 5.74) is 5.42. The molecule has 0 saturated carbocycles. The van der Waals surface area contributed by atoms with Crippen LogP contribution in [0.5, 0.6) is 0 Å². The van der Waals surface area contributed by atoms with E-state index in [1.165, 1.54) is 24.0 Å². The van der Waals surface area contributed by atoms with Crippen molar-refractivity contribution in [3.05, 3.63) is 71.3 Å². The maximum Gasteiger partial charge on any atom is 0.335 e. The van der Waals surface area contributed by atoms with Crippen LogP contribution in [0, 0.1) is 0 Å². The summed E-state index contributed by atoms with van der Waals surface area (Å²) in [4.78, 5) is 11.0. The molecule has 0 amide bonds. The minimum Gasteiger partial charge on any atom is -0.478 e. The third-order valence-electron chi connectivity index (χ3n) is 6.16. The predicted octanol–water partition coefficient (Wildman–Crippen LogP) is 6.66. The Kier molecular flexibility index (Phi) is 4.22. The van der Waals surface area contributed by atoms with Crippen LogP contribution in [0.15, 0.2) is 59.0 Å². The summed E-state index contributed by atoms with van der Waals surface area (Å²) in [6.07, 6.45) is 2.37. The fourth-order valence-electron chi connectivity index (χ4n) is 4.17. The lowest BCUT2D eigenvalue weighted by molar-refractivity contribution is 0.0697. The van der Waals surface area contributed by atoms with E-state index in [9.17, 15) is 4.79 Å². The van der Waals surface area contributed by atoms with Gasteiger partial charge in [0.15, 0.2) is 0 Å². The van der Waals surface area contributed by atoms with Crippen LogP contribution in [0.2, 0.25) is 0 Å². The van der Waals surface area contributed by atoms with E-state index in [1.54, 1.807) is 24.3 Å². The first kappa shape index (κ1) is 18.5. The Bertz CT molecular complexity index is 1040. The lowest BCUT2D eigenvalue weighted by Gasteiger charge is -2.42. The van der Waals surface area contributed by atoms with E-state index in [2.05, 4.69) is 45.9 Å². The van der Waals surface area contributed by atoms with Gasteiger partial charge in [-0.3, -0.25) is 0 Å². The number of benzene rings is 2. The molecule has 144 valence electrons. The molecule has 0 atom stereocenters. The van der Waals surface area contributed by atoms with Crippen LogP contribution in [0.1, 0.15) is 62.0 Å². The largest absolute Gasteiger partial charge is 0.478 e. The van der Waals surface area contributed by atoms with Crippen molar-refractivity contribution in [2.75, 3.05) is 0 Å². The number of rotatable bonds is 3. The number of hydrogen-bond donors (Lipinski definition) is 1. The maximum absolute atomic E-state index is 11.0. The number of hydrogen-bond acceptors (Lipinski definition) is 2. The molecule has 3 nitrogen and oxygen atoms in total. The highest BCUT2D eigenvalue weighted by Crippen LogP contribution is 2.47. The molecule has 3 aromatic rings. The van der Waals surface area contributed by atoms with Gasteiger partial charge < -0.3 is 9.52 Å². The van der Waals surface area contributed by atoms with Gasteiger partial charge in [-0.05, 0) is 65.1 Å². The summed E-state index contributed by atoms with van der Waals surface area (Å²) in [5.74, 6) is 0.648. The van der Waals surface area contributed by atoms with E-state index in [-0.39, 0.29) is 16.4 Å². The fraction of sp³-hybridized carbons (Fsp3) is 0.320. The molecule has 0 spiro atoms. The molecule has 1 heterocycles. The van der Waals surface area contributed by atoms with Crippen LogP contribution in [-0.2, 0) is 10.8 Å². The van der Waals surface area contributed by atoms with Crippen molar-refractivity contribution in [1.29, 1.82) is 0 Å². The number of carboxylic acids is 1. The highest BCUT2D eigenvalue weighted by atomic mass is 16.4. The summed E-state index contributed by atoms with van der Waals surface area (Å²) in [6.45, 7) is 9.30. The Morgan fingerprint density at radius 3 is 1.93 bits per heavy atom. The zero-order valence-electron chi connectivity index (χ0n) is 16.9. The molecule has 0 saturated heterocycles. The van der Waals surface area contributed by atoms with E-state index in [0.29, 0.717) is 0 Å². The molecular formula is C25H26O3. The zero-order valence-corrected chi connectivity index (χ0v) is 16.9. The molecule has 1 N–H and O–H groups in total. The quantitative estimate of drug-likeness (QED) is 0.557. The zero-order chi connectivity index (χ0) is 20.1. The standard InChI is InChI=1S/C25H26O3/c1-24(2)13-14-25(3,4)20-15-18(9-10-19(20)24)22-12-11-21(28-22)16-5-7-17(8-6-16)23(26)27/h5-12,15H,13-14H2,1-4H3,(H,26,27). The topological polar surface area (TPSA) is 50.4 Å². The SMILES string of the molecule is CC1(C)CCC(C)(C)c2cc(-c3ccc(-c4ccc(C(=O)O)cc4)o3)ccc21. The highest BCUT2D eigenvalue weighted by molar-refractivity contribution is 5.88. The second-order valence-electron chi connectivity index (χ2n) is 9.07. The van der Waals surface area contributed by atoms with Gasteiger partial charge in [-0.1, -0.05) is 52.0 Å². The number of aromatic carboxylic acids is 1. The summed E-state index contributed by atoms with van der Waals surface area (Å²) in [7, 11) is 0. The van der Waals surface area contributed by atoms with Crippen LogP contribution in [0.25, 0.3) is 22.6 Å². The fourth-order valence-corrected chi connectivity index (χ4v) is 4.17. The van der Waals surface area contributed by atoms with E-state index < -0.39 is 5.97 Å². The van der Waals surface area contributed by atoms with Gasteiger partial charge in [0.2, 0.25) is 0 Å². The van der Waals surface area contributed by atoms with E-state index in [1.807, 2.05) is 12.1 Å².